The van der Waals surface area contributed by atoms with Gasteiger partial charge in [0.05, 0.1) is 5.69 Å². The van der Waals surface area contributed by atoms with Crippen LogP contribution in [-0.2, 0) is 0 Å². The third-order valence-corrected chi connectivity index (χ3v) is 4.89. The monoisotopic (exact) mass is 422 g/mol. The standard InChI is InChI=1S/C25H22N6O/c1-16(2)18-5-7-19(8-6-18)24(32)29-21-9-4-17(3)23(12-21)31-25-28-11-10-22(30-25)20-13-26-15-27-14-20/h4-15H,1H2,2-3H3,(H,29,32)(H,28,30,31). The maximum Gasteiger partial charge on any atom is 0.255 e. The molecule has 7 nitrogen and oxygen atoms in total. The molecule has 0 unspecified atom stereocenters. The van der Waals surface area contributed by atoms with Crippen molar-refractivity contribution < 1.29 is 4.79 Å². The Morgan fingerprint density at radius 2 is 1.69 bits per heavy atom. The van der Waals surface area contributed by atoms with E-state index < -0.39 is 0 Å². The third kappa shape index (κ3) is 4.84. The molecule has 0 atom stereocenters. The number of anilines is 3. The molecule has 0 aliphatic carbocycles. The Balaban J connectivity index is 1.52. The first-order chi connectivity index (χ1) is 15.5. The largest absolute Gasteiger partial charge is 0.324 e. The highest BCUT2D eigenvalue weighted by atomic mass is 16.1. The van der Waals surface area contributed by atoms with Crippen LogP contribution >= 0.6 is 0 Å². The van der Waals surface area contributed by atoms with Gasteiger partial charge in [-0.2, -0.15) is 0 Å². The van der Waals surface area contributed by atoms with Crippen molar-refractivity contribution in [1.82, 2.24) is 19.9 Å². The number of carbonyl (C=O) groups excluding carboxylic acids is 1. The van der Waals surface area contributed by atoms with Crippen LogP contribution in [0.2, 0.25) is 0 Å². The van der Waals surface area contributed by atoms with E-state index in [1.54, 1.807) is 36.8 Å². The van der Waals surface area contributed by atoms with E-state index in [0.717, 1.165) is 28.0 Å². The Hall–Kier alpha value is -4.39. The predicted molar refractivity (Wildman–Crippen MR) is 127 cm³/mol. The number of aromatic nitrogens is 4. The lowest BCUT2D eigenvalue weighted by molar-refractivity contribution is 0.102. The van der Waals surface area contributed by atoms with Crippen LogP contribution in [0.1, 0.15) is 28.4 Å². The van der Waals surface area contributed by atoms with Crippen molar-refractivity contribution in [2.45, 2.75) is 13.8 Å². The summed E-state index contributed by atoms with van der Waals surface area (Å²) in [7, 11) is 0. The van der Waals surface area contributed by atoms with Gasteiger partial charge in [0.15, 0.2) is 0 Å². The van der Waals surface area contributed by atoms with Gasteiger partial charge in [-0.1, -0.05) is 30.4 Å². The Kier molecular flexibility index (Phi) is 5.98. The molecule has 0 saturated heterocycles. The molecule has 0 saturated carbocycles. The van der Waals surface area contributed by atoms with Crippen molar-refractivity contribution in [3.63, 3.8) is 0 Å². The second kappa shape index (κ2) is 9.18. The lowest BCUT2D eigenvalue weighted by Gasteiger charge is -2.12. The molecule has 32 heavy (non-hydrogen) atoms. The minimum Gasteiger partial charge on any atom is -0.324 e. The molecule has 4 aromatic rings. The number of aryl methyl sites for hydroxylation is 1. The molecule has 1 amide bonds. The van der Waals surface area contributed by atoms with Crippen LogP contribution in [0, 0.1) is 6.92 Å². The number of hydrogen-bond acceptors (Lipinski definition) is 6. The summed E-state index contributed by atoms with van der Waals surface area (Å²) < 4.78 is 0. The zero-order valence-electron chi connectivity index (χ0n) is 17.8. The SMILES string of the molecule is C=C(C)c1ccc(C(=O)Nc2ccc(C)c(Nc3nccc(-c4cncnc4)n3)c2)cc1. The number of benzene rings is 2. The highest BCUT2D eigenvalue weighted by molar-refractivity contribution is 6.04. The van der Waals surface area contributed by atoms with Gasteiger partial charge in [-0.15, -0.1) is 0 Å². The van der Waals surface area contributed by atoms with E-state index in [-0.39, 0.29) is 5.91 Å². The number of nitrogens with one attached hydrogen (secondary N) is 2. The third-order valence-electron chi connectivity index (χ3n) is 4.89. The van der Waals surface area contributed by atoms with Gasteiger partial charge < -0.3 is 10.6 Å². The highest BCUT2D eigenvalue weighted by Gasteiger charge is 2.09. The maximum absolute atomic E-state index is 12.7. The molecule has 0 aliphatic rings. The molecule has 0 fully saturated rings. The van der Waals surface area contributed by atoms with Gasteiger partial charge in [0, 0.05) is 41.1 Å². The second-order valence-corrected chi connectivity index (χ2v) is 7.36. The molecule has 0 spiro atoms. The zero-order valence-corrected chi connectivity index (χ0v) is 17.8. The average Bonchev–Trinajstić information content (AvgIpc) is 2.82. The molecule has 0 radical (unpaired) electrons. The molecule has 2 aromatic heterocycles. The van der Waals surface area contributed by atoms with Gasteiger partial charge in [0.2, 0.25) is 5.95 Å². The minimum atomic E-state index is -0.185. The summed E-state index contributed by atoms with van der Waals surface area (Å²) >= 11 is 0. The van der Waals surface area contributed by atoms with Crippen molar-refractivity contribution in [2.24, 2.45) is 0 Å². The molecular weight excluding hydrogens is 400 g/mol. The fraction of sp³-hybridized carbons (Fsp3) is 0.0800. The van der Waals surface area contributed by atoms with E-state index in [1.807, 2.05) is 44.2 Å². The van der Waals surface area contributed by atoms with Crippen LogP contribution in [0.5, 0.6) is 0 Å². The summed E-state index contributed by atoms with van der Waals surface area (Å²) in [5, 5.41) is 6.17. The number of amides is 1. The topological polar surface area (TPSA) is 92.7 Å². The first kappa shape index (κ1) is 20.9. The van der Waals surface area contributed by atoms with Crippen molar-refractivity contribution >= 4 is 28.8 Å². The van der Waals surface area contributed by atoms with Crippen LogP contribution in [0.4, 0.5) is 17.3 Å². The lowest BCUT2D eigenvalue weighted by Crippen LogP contribution is -2.12. The van der Waals surface area contributed by atoms with E-state index >= 15 is 0 Å². The van der Waals surface area contributed by atoms with Gasteiger partial charge in [-0.25, -0.2) is 19.9 Å². The summed E-state index contributed by atoms with van der Waals surface area (Å²) in [6, 6.07) is 14.8. The van der Waals surface area contributed by atoms with E-state index in [0.29, 0.717) is 22.9 Å². The minimum absolute atomic E-state index is 0.185. The molecule has 2 heterocycles. The van der Waals surface area contributed by atoms with Crippen LogP contribution < -0.4 is 10.6 Å². The molecular formula is C25H22N6O. The van der Waals surface area contributed by atoms with Crippen LogP contribution in [-0.4, -0.2) is 25.8 Å². The molecule has 0 bridgehead atoms. The first-order valence-electron chi connectivity index (χ1n) is 10.0. The number of allylic oxidation sites excluding steroid dienone is 1. The van der Waals surface area contributed by atoms with Crippen molar-refractivity contribution in [3.05, 3.63) is 96.7 Å². The number of carbonyl (C=O) groups is 1. The average molecular weight is 422 g/mol. The summed E-state index contributed by atoms with van der Waals surface area (Å²) in [5.41, 5.74) is 6.50. The number of rotatable bonds is 6. The fourth-order valence-corrected chi connectivity index (χ4v) is 3.08. The van der Waals surface area contributed by atoms with E-state index in [4.69, 9.17) is 0 Å². The Bertz CT molecular complexity index is 1270. The highest BCUT2D eigenvalue weighted by Crippen LogP contribution is 2.24. The van der Waals surface area contributed by atoms with Crippen LogP contribution in [0.25, 0.3) is 16.8 Å². The molecule has 2 N–H and O–H groups in total. The summed E-state index contributed by atoms with van der Waals surface area (Å²) in [6.45, 7) is 7.82. The summed E-state index contributed by atoms with van der Waals surface area (Å²) in [6.07, 6.45) is 6.54. The molecule has 158 valence electrons. The van der Waals surface area contributed by atoms with Gasteiger partial charge in [0.25, 0.3) is 5.91 Å². The van der Waals surface area contributed by atoms with E-state index in [9.17, 15) is 4.79 Å². The summed E-state index contributed by atoms with van der Waals surface area (Å²) in [5.74, 6) is 0.253. The van der Waals surface area contributed by atoms with E-state index in [1.165, 1.54) is 6.33 Å². The fourth-order valence-electron chi connectivity index (χ4n) is 3.08. The molecule has 4 rings (SSSR count). The van der Waals surface area contributed by atoms with Crippen LogP contribution in [0.3, 0.4) is 0 Å². The van der Waals surface area contributed by atoms with Gasteiger partial charge in [0.1, 0.15) is 6.33 Å². The van der Waals surface area contributed by atoms with E-state index in [2.05, 4.69) is 37.1 Å². The Labute approximate surface area is 186 Å². The predicted octanol–water partition coefficient (Wildman–Crippen LogP) is 5.27. The van der Waals surface area contributed by atoms with Gasteiger partial charge in [-0.05, 0) is 55.3 Å². The molecule has 2 aromatic carbocycles. The maximum atomic E-state index is 12.7. The smallest absolute Gasteiger partial charge is 0.255 e. The van der Waals surface area contributed by atoms with Crippen molar-refractivity contribution in [3.8, 4) is 11.3 Å². The normalized spacial score (nSPS) is 10.4. The van der Waals surface area contributed by atoms with Crippen LogP contribution in [0.15, 0.2) is 80.0 Å². The summed E-state index contributed by atoms with van der Waals surface area (Å²) in [4.78, 5) is 29.6. The van der Waals surface area contributed by atoms with Gasteiger partial charge >= 0.3 is 0 Å². The van der Waals surface area contributed by atoms with Crippen molar-refractivity contribution in [1.29, 1.82) is 0 Å². The van der Waals surface area contributed by atoms with Crippen molar-refractivity contribution in [2.75, 3.05) is 10.6 Å². The lowest BCUT2D eigenvalue weighted by atomic mass is 10.1. The molecule has 0 aliphatic heterocycles. The second-order valence-electron chi connectivity index (χ2n) is 7.36. The quantitative estimate of drug-likeness (QED) is 0.440. The molecule has 7 heteroatoms. The Morgan fingerprint density at radius 3 is 2.41 bits per heavy atom. The number of hydrogen-bond donors (Lipinski definition) is 2. The first-order valence-corrected chi connectivity index (χ1v) is 10.0. The zero-order chi connectivity index (χ0) is 22.5. The number of nitrogens with zero attached hydrogens (tertiary/aromatic N) is 4. The van der Waals surface area contributed by atoms with Gasteiger partial charge in [-0.3, -0.25) is 4.79 Å². The Morgan fingerprint density at radius 1 is 0.969 bits per heavy atom.